The van der Waals surface area contributed by atoms with Crippen molar-refractivity contribution in [2.75, 3.05) is 26.2 Å². The number of ether oxygens (including phenoxy) is 1. The summed E-state index contributed by atoms with van der Waals surface area (Å²) in [5, 5.41) is 0. The van der Waals surface area contributed by atoms with E-state index in [0.717, 1.165) is 26.2 Å². The van der Waals surface area contributed by atoms with E-state index >= 15 is 0 Å². The SMILES string of the molecule is CCOC(=O)C1(C)CN(Cc2ccccc2)CCN1Cc1ccccc1. The molecule has 0 spiro atoms. The molecule has 1 unspecified atom stereocenters. The van der Waals surface area contributed by atoms with Crippen molar-refractivity contribution in [2.24, 2.45) is 0 Å². The molecule has 1 fully saturated rings. The van der Waals surface area contributed by atoms with Gasteiger partial charge in [-0.25, -0.2) is 0 Å². The van der Waals surface area contributed by atoms with E-state index in [1.165, 1.54) is 11.1 Å². The first-order chi connectivity index (χ1) is 12.6. The Hall–Kier alpha value is -2.17. The third-order valence-corrected chi connectivity index (χ3v) is 5.10. The predicted octanol–water partition coefficient (Wildman–Crippen LogP) is 3.33. The van der Waals surface area contributed by atoms with E-state index in [-0.39, 0.29) is 5.97 Å². The number of hydrogen-bond acceptors (Lipinski definition) is 4. The number of nitrogens with zero attached hydrogens (tertiary/aromatic N) is 2. The molecule has 0 N–H and O–H groups in total. The number of benzene rings is 2. The average molecular weight is 352 g/mol. The Morgan fingerprint density at radius 3 is 2.12 bits per heavy atom. The van der Waals surface area contributed by atoms with E-state index in [1.807, 2.05) is 38.1 Å². The quantitative estimate of drug-likeness (QED) is 0.747. The summed E-state index contributed by atoms with van der Waals surface area (Å²) >= 11 is 0. The van der Waals surface area contributed by atoms with E-state index < -0.39 is 5.54 Å². The maximum Gasteiger partial charge on any atom is 0.327 e. The second-order valence-corrected chi connectivity index (χ2v) is 7.10. The van der Waals surface area contributed by atoms with Gasteiger partial charge in [0.15, 0.2) is 0 Å². The lowest BCUT2D eigenvalue weighted by atomic mass is 9.94. The first-order valence-electron chi connectivity index (χ1n) is 9.34. The summed E-state index contributed by atoms with van der Waals surface area (Å²) < 4.78 is 5.44. The fourth-order valence-corrected chi connectivity index (χ4v) is 3.64. The highest BCUT2D eigenvalue weighted by atomic mass is 16.5. The maximum atomic E-state index is 12.8. The number of carbonyl (C=O) groups is 1. The Morgan fingerprint density at radius 1 is 0.962 bits per heavy atom. The highest BCUT2D eigenvalue weighted by Crippen LogP contribution is 2.26. The summed E-state index contributed by atoms with van der Waals surface area (Å²) in [6.07, 6.45) is 0. The van der Waals surface area contributed by atoms with Crippen LogP contribution in [0.1, 0.15) is 25.0 Å². The molecule has 0 aliphatic carbocycles. The molecule has 0 aromatic heterocycles. The fourth-order valence-electron chi connectivity index (χ4n) is 3.64. The smallest absolute Gasteiger partial charge is 0.327 e. The predicted molar refractivity (Wildman–Crippen MR) is 104 cm³/mol. The van der Waals surface area contributed by atoms with Crippen molar-refractivity contribution in [3.8, 4) is 0 Å². The summed E-state index contributed by atoms with van der Waals surface area (Å²) in [6.45, 7) is 8.37. The van der Waals surface area contributed by atoms with Crippen LogP contribution in [-0.4, -0.2) is 47.5 Å². The Morgan fingerprint density at radius 2 is 1.54 bits per heavy atom. The van der Waals surface area contributed by atoms with Gasteiger partial charge in [-0.05, 0) is 25.0 Å². The summed E-state index contributed by atoms with van der Waals surface area (Å²) in [5.41, 5.74) is 1.86. The van der Waals surface area contributed by atoms with Crippen molar-refractivity contribution in [3.05, 3.63) is 71.8 Å². The molecule has 1 atom stereocenters. The van der Waals surface area contributed by atoms with Crippen LogP contribution in [0.5, 0.6) is 0 Å². The third kappa shape index (κ3) is 4.32. The first-order valence-corrected chi connectivity index (χ1v) is 9.34. The van der Waals surface area contributed by atoms with Gasteiger partial charge in [-0.2, -0.15) is 0 Å². The summed E-state index contributed by atoms with van der Waals surface area (Å²) in [5.74, 6) is -0.131. The molecule has 1 aliphatic heterocycles. The second-order valence-electron chi connectivity index (χ2n) is 7.10. The summed E-state index contributed by atoms with van der Waals surface area (Å²) in [6, 6.07) is 20.8. The lowest BCUT2D eigenvalue weighted by Crippen LogP contribution is -2.64. The van der Waals surface area contributed by atoms with Crippen LogP contribution in [-0.2, 0) is 22.6 Å². The number of carbonyl (C=O) groups excluding carboxylic acids is 1. The highest BCUT2D eigenvalue weighted by Gasteiger charge is 2.45. The third-order valence-electron chi connectivity index (χ3n) is 5.10. The fraction of sp³-hybridized carbons (Fsp3) is 0.409. The molecule has 2 aromatic carbocycles. The van der Waals surface area contributed by atoms with Crippen LogP contribution in [0.25, 0.3) is 0 Å². The van der Waals surface area contributed by atoms with E-state index in [4.69, 9.17) is 4.74 Å². The molecule has 4 nitrogen and oxygen atoms in total. The molecule has 0 radical (unpaired) electrons. The van der Waals surface area contributed by atoms with E-state index in [0.29, 0.717) is 13.2 Å². The molecule has 2 aromatic rings. The molecular formula is C22H28N2O2. The normalized spacial score (nSPS) is 21.5. The van der Waals surface area contributed by atoms with Gasteiger partial charge in [0, 0.05) is 32.7 Å². The largest absolute Gasteiger partial charge is 0.465 e. The monoisotopic (exact) mass is 352 g/mol. The van der Waals surface area contributed by atoms with Crippen LogP contribution in [0, 0.1) is 0 Å². The zero-order valence-corrected chi connectivity index (χ0v) is 15.7. The Kier molecular flexibility index (Phi) is 6.07. The molecule has 0 saturated carbocycles. The minimum atomic E-state index is -0.640. The molecule has 1 aliphatic rings. The van der Waals surface area contributed by atoms with Gasteiger partial charge in [0.1, 0.15) is 5.54 Å². The van der Waals surface area contributed by atoms with Crippen LogP contribution in [0.3, 0.4) is 0 Å². The van der Waals surface area contributed by atoms with E-state index in [2.05, 4.69) is 46.2 Å². The lowest BCUT2D eigenvalue weighted by Gasteiger charge is -2.47. The van der Waals surface area contributed by atoms with Gasteiger partial charge in [0.2, 0.25) is 0 Å². The molecule has 0 bridgehead atoms. The topological polar surface area (TPSA) is 32.8 Å². The van der Waals surface area contributed by atoms with E-state index in [1.54, 1.807) is 0 Å². The number of esters is 1. The minimum Gasteiger partial charge on any atom is -0.465 e. The Bertz CT molecular complexity index is 705. The van der Waals surface area contributed by atoms with Gasteiger partial charge < -0.3 is 4.74 Å². The molecule has 0 amide bonds. The van der Waals surface area contributed by atoms with Crippen LogP contribution in [0.15, 0.2) is 60.7 Å². The first kappa shape index (κ1) is 18.6. The lowest BCUT2D eigenvalue weighted by molar-refractivity contribution is -0.162. The van der Waals surface area contributed by atoms with Crippen molar-refractivity contribution < 1.29 is 9.53 Å². The molecule has 26 heavy (non-hydrogen) atoms. The molecular weight excluding hydrogens is 324 g/mol. The van der Waals surface area contributed by atoms with Crippen LogP contribution >= 0.6 is 0 Å². The molecule has 138 valence electrons. The Labute approximate surface area is 156 Å². The van der Waals surface area contributed by atoms with Gasteiger partial charge in [-0.3, -0.25) is 14.6 Å². The zero-order chi connectivity index (χ0) is 18.4. The molecule has 3 rings (SSSR count). The van der Waals surface area contributed by atoms with Crippen LogP contribution in [0.4, 0.5) is 0 Å². The summed E-state index contributed by atoms with van der Waals surface area (Å²) in [4.78, 5) is 17.4. The molecule has 1 heterocycles. The van der Waals surface area contributed by atoms with Gasteiger partial charge in [-0.1, -0.05) is 60.7 Å². The van der Waals surface area contributed by atoms with Crippen LogP contribution < -0.4 is 0 Å². The Balaban J connectivity index is 1.76. The van der Waals surface area contributed by atoms with Crippen molar-refractivity contribution in [3.63, 3.8) is 0 Å². The minimum absolute atomic E-state index is 0.131. The van der Waals surface area contributed by atoms with Crippen LogP contribution in [0.2, 0.25) is 0 Å². The van der Waals surface area contributed by atoms with Gasteiger partial charge in [-0.15, -0.1) is 0 Å². The van der Waals surface area contributed by atoms with Gasteiger partial charge in [0.25, 0.3) is 0 Å². The van der Waals surface area contributed by atoms with Crippen molar-refractivity contribution in [1.82, 2.24) is 9.80 Å². The maximum absolute atomic E-state index is 12.8. The second kappa shape index (κ2) is 8.47. The average Bonchev–Trinajstić information content (AvgIpc) is 2.66. The number of piperazine rings is 1. The van der Waals surface area contributed by atoms with Crippen molar-refractivity contribution in [2.45, 2.75) is 32.5 Å². The van der Waals surface area contributed by atoms with Crippen molar-refractivity contribution >= 4 is 5.97 Å². The molecule has 1 saturated heterocycles. The number of hydrogen-bond donors (Lipinski definition) is 0. The standard InChI is InChI=1S/C22H28N2O2/c1-3-26-21(25)22(2)18-23(16-19-10-6-4-7-11-19)14-15-24(22)17-20-12-8-5-9-13-20/h4-13H,3,14-18H2,1-2H3. The number of rotatable bonds is 6. The summed E-state index contributed by atoms with van der Waals surface area (Å²) in [7, 11) is 0. The molecule has 4 heteroatoms. The van der Waals surface area contributed by atoms with Crippen molar-refractivity contribution in [1.29, 1.82) is 0 Å². The highest BCUT2D eigenvalue weighted by molar-refractivity contribution is 5.81. The van der Waals surface area contributed by atoms with E-state index in [9.17, 15) is 4.79 Å². The van der Waals surface area contributed by atoms with Gasteiger partial charge >= 0.3 is 5.97 Å². The zero-order valence-electron chi connectivity index (χ0n) is 15.7. The van der Waals surface area contributed by atoms with Gasteiger partial charge in [0.05, 0.1) is 6.61 Å².